The summed E-state index contributed by atoms with van der Waals surface area (Å²) in [5.74, 6) is 3.48. The average Bonchev–Trinajstić information content (AvgIpc) is 2.67. The Hall–Kier alpha value is -1.91. The molecule has 2 rings (SSSR count). The third-order valence-electron chi connectivity index (χ3n) is 4.15. The Bertz CT molecular complexity index is 605. The lowest BCUT2D eigenvalue weighted by Crippen LogP contribution is -2.17. The lowest BCUT2D eigenvalue weighted by molar-refractivity contribution is 0.413. The van der Waals surface area contributed by atoms with E-state index in [2.05, 4.69) is 42.1 Å². The van der Waals surface area contributed by atoms with Crippen molar-refractivity contribution in [1.82, 2.24) is 4.31 Å². The highest BCUT2D eigenvalue weighted by molar-refractivity contribution is 7.96. The van der Waals surface area contributed by atoms with Gasteiger partial charge in [-0.3, -0.25) is 0 Å². The van der Waals surface area contributed by atoms with Crippen LogP contribution in [-0.4, -0.2) is 24.3 Å². The number of ether oxygens (including phenoxy) is 2. The molecule has 0 amide bonds. The number of hydrogen-bond acceptors (Lipinski definition) is 4. The van der Waals surface area contributed by atoms with Crippen LogP contribution < -0.4 is 9.47 Å². The third kappa shape index (κ3) is 6.77. The molecule has 0 heterocycles. The van der Waals surface area contributed by atoms with Crippen LogP contribution in [0.3, 0.4) is 0 Å². The van der Waals surface area contributed by atoms with Crippen LogP contribution in [0.15, 0.2) is 61.2 Å². The topological polar surface area (TPSA) is 21.7 Å². The molecule has 26 heavy (non-hydrogen) atoms. The summed E-state index contributed by atoms with van der Waals surface area (Å²) in [6.07, 6.45) is 3.05. The molecule has 1 atom stereocenters. The standard InChI is InChI=1S/C22H29NO2S/c1-5-6-18(2)17-26-23(15-19-7-11-21(24-3)12-8-19)16-20-9-13-22(25-4)14-10-20/h5,7-14,18H,1,6,15-17H2,2-4H3/t18-/m1/s1. The molecule has 0 saturated heterocycles. The highest BCUT2D eigenvalue weighted by atomic mass is 32.2. The molecule has 4 heteroatoms. The van der Waals surface area contributed by atoms with Gasteiger partial charge in [0, 0.05) is 18.8 Å². The van der Waals surface area contributed by atoms with Gasteiger partial charge in [0.25, 0.3) is 0 Å². The monoisotopic (exact) mass is 371 g/mol. The van der Waals surface area contributed by atoms with Crippen LogP contribution in [0.25, 0.3) is 0 Å². The van der Waals surface area contributed by atoms with E-state index in [4.69, 9.17) is 9.47 Å². The predicted molar refractivity (Wildman–Crippen MR) is 112 cm³/mol. The average molecular weight is 372 g/mol. The first-order valence-electron chi connectivity index (χ1n) is 8.89. The van der Waals surface area contributed by atoms with Crippen LogP contribution in [0.5, 0.6) is 11.5 Å². The second kappa shape index (κ2) is 10.9. The fourth-order valence-electron chi connectivity index (χ4n) is 2.60. The fraction of sp³-hybridized carbons (Fsp3) is 0.364. The SMILES string of the molecule is C=CC[C@@H](C)CSN(Cc1ccc(OC)cc1)Cc1ccc(OC)cc1. The van der Waals surface area contributed by atoms with E-state index in [1.54, 1.807) is 14.2 Å². The van der Waals surface area contributed by atoms with E-state index >= 15 is 0 Å². The van der Waals surface area contributed by atoms with E-state index < -0.39 is 0 Å². The van der Waals surface area contributed by atoms with Gasteiger partial charge in [-0.1, -0.05) is 49.2 Å². The Balaban J connectivity index is 2.04. The van der Waals surface area contributed by atoms with Gasteiger partial charge in [-0.25, -0.2) is 4.31 Å². The van der Waals surface area contributed by atoms with Crippen LogP contribution in [0.4, 0.5) is 0 Å². The van der Waals surface area contributed by atoms with Crippen LogP contribution in [0, 0.1) is 5.92 Å². The van der Waals surface area contributed by atoms with Crippen molar-refractivity contribution in [2.45, 2.75) is 26.4 Å². The van der Waals surface area contributed by atoms with Crippen molar-refractivity contribution in [2.24, 2.45) is 5.92 Å². The Morgan fingerprint density at radius 3 is 1.77 bits per heavy atom. The largest absolute Gasteiger partial charge is 0.497 e. The maximum Gasteiger partial charge on any atom is 0.118 e. The molecule has 0 bridgehead atoms. The number of benzene rings is 2. The van der Waals surface area contributed by atoms with E-state index in [0.717, 1.165) is 36.8 Å². The normalized spacial score (nSPS) is 12.0. The van der Waals surface area contributed by atoms with Crippen LogP contribution in [0.1, 0.15) is 24.5 Å². The molecule has 0 aliphatic rings. The molecule has 2 aromatic rings. The molecule has 0 radical (unpaired) electrons. The molecule has 0 aliphatic carbocycles. The Morgan fingerprint density at radius 2 is 1.38 bits per heavy atom. The molecule has 3 nitrogen and oxygen atoms in total. The van der Waals surface area contributed by atoms with Crippen molar-refractivity contribution >= 4 is 11.9 Å². The lowest BCUT2D eigenvalue weighted by Gasteiger charge is -2.23. The minimum absolute atomic E-state index is 0.617. The molecule has 0 spiro atoms. The molecule has 0 aromatic heterocycles. The van der Waals surface area contributed by atoms with Gasteiger partial charge in [0.05, 0.1) is 14.2 Å². The Kier molecular flexibility index (Phi) is 8.59. The van der Waals surface area contributed by atoms with Crippen molar-refractivity contribution in [3.8, 4) is 11.5 Å². The molecule has 2 aromatic carbocycles. The number of methoxy groups -OCH3 is 2. The van der Waals surface area contributed by atoms with Gasteiger partial charge in [-0.05, 0) is 47.7 Å². The summed E-state index contributed by atoms with van der Waals surface area (Å²) in [5.41, 5.74) is 2.56. The van der Waals surface area contributed by atoms with Gasteiger partial charge in [-0.15, -0.1) is 6.58 Å². The van der Waals surface area contributed by atoms with E-state index in [0.29, 0.717) is 5.92 Å². The summed E-state index contributed by atoms with van der Waals surface area (Å²) in [6, 6.07) is 16.6. The zero-order valence-electron chi connectivity index (χ0n) is 16.0. The van der Waals surface area contributed by atoms with Gasteiger partial charge in [0.15, 0.2) is 0 Å². The van der Waals surface area contributed by atoms with Crippen LogP contribution in [0.2, 0.25) is 0 Å². The van der Waals surface area contributed by atoms with Crippen molar-refractivity contribution in [3.63, 3.8) is 0 Å². The van der Waals surface area contributed by atoms with Crippen LogP contribution >= 0.6 is 11.9 Å². The van der Waals surface area contributed by atoms with Crippen molar-refractivity contribution in [3.05, 3.63) is 72.3 Å². The fourth-order valence-corrected chi connectivity index (χ4v) is 3.68. The summed E-state index contributed by atoms with van der Waals surface area (Å²) < 4.78 is 12.9. The quantitative estimate of drug-likeness (QED) is 0.380. The number of hydrogen-bond donors (Lipinski definition) is 0. The van der Waals surface area contributed by atoms with E-state index in [1.165, 1.54) is 11.1 Å². The number of nitrogens with zero attached hydrogens (tertiary/aromatic N) is 1. The zero-order valence-corrected chi connectivity index (χ0v) is 16.8. The van der Waals surface area contributed by atoms with Gasteiger partial charge < -0.3 is 9.47 Å². The summed E-state index contributed by atoms with van der Waals surface area (Å²) in [7, 11) is 3.39. The third-order valence-corrected chi connectivity index (χ3v) is 5.49. The minimum Gasteiger partial charge on any atom is -0.497 e. The zero-order chi connectivity index (χ0) is 18.8. The first-order valence-corrected chi connectivity index (χ1v) is 9.83. The van der Waals surface area contributed by atoms with Gasteiger partial charge in [0.1, 0.15) is 11.5 Å². The second-order valence-electron chi connectivity index (χ2n) is 6.42. The highest BCUT2D eigenvalue weighted by Gasteiger charge is 2.11. The van der Waals surface area contributed by atoms with Gasteiger partial charge >= 0.3 is 0 Å². The maximum atomic E-state index is 5.26. The predicted octanol–water partition coefficient (Wildman–Crippen LogP) is 5.57. The van der Waals surface area contributed by atoms with Crippen LogP contribution in [-0.2, 0) is 13.1 Å². The molecule has 0 N–H and O–H groups in total. The van der Waals surface area contributed by atoms with Crippen molar-refractivity contribution in [1.29, 1.82) is 0 Å². The highest BCUT2D eigenvalue weighted by Crippen LogP contribution is 2.24. The van der Waals surface area contributed by atoms with E-state index in [9.17, 15) is 0 Å². The molecule has 0 saturated carbocycles. The molecule has 0 fully saturated rings. The summed E-state index contributed by atoms with van der Waals surface area (Å²) in [6.45, 7) is 7.90. The summed E-state index contributed by atoms with van der Waals surface area (Å²) >= 11 is 1.90. The second-order valence-corrected chi connectivity index (χ2v) is 7.53. The maximum absolute atomic E-state index is 5.26. The number of allylic oxidation sites excluding steroid dienone is 1. The van der Waals surface area contributed by atoms with E-state index in [-0.39, 0.29) is 0 Å². The summed E-state index contributed by atoms with van der Waals surface area (Å²) in [4.78, 5) is 0. The lowest BCUT2D eigenvalue weighted by atomic mass is 10.1. The first kappa shape index (κ1) is 20.4. The molecule has 140 valence electrons. The molecule has 0 aliphatic heterocycles. The van der Waals surface area contributed by atoms with Crippen molar-refractivity contribution < 1.29 is 9.47 Å². The minimum atomic E-state index is 0.617. The smallest absolute Gasteiger partial charge is 0.118 e. The Labute approximate surface area is 162 Å². The molecular formula is C22H29NO2S. The van der Waals surface area contributed by atoms with Crippen molar-refractivity contribution in [2.75, 3.05) is 20.0 Å². The molecular weight excluding hydrogens is 342 g/mol. The summed E-state index contributed by atoms with van der Waals surface area (Å²) in [5, 5.41) is 0. The Morgan fingerprint density at radius 1 is 0.923 bits per heavy atom. The van der Waals surface area contributed by atoms with Gasteiger partial charge in [-0.2, -0.15) is 0 Å². The molecule has 0 unspecified atom stereocenters. The van der Waals surface area contributed by atoms with Gasteiger partial charge in [0.2, 0.25) is 0 Å². The first-order chi connectivity index (χ1) is 12.6. The number of rotatable bonds is 11. The van der Waals surface area contributed by atoms with E-state index in [1.807, 2.05) is 42.3 Å².